The van der Waals surface area contributed by atoms with Gasteiger partial charge in [-0.3, -0.25) is 0 Å². The van der Waals surface area contributed by atoms with Crippen molar-refractivity contribution in [2.24, 2.45) is 10.2 Å². The lowest BCUT2D eigenvalue weighted by Crippen LogP contribution is -1.87. The Bertz CT molecular complexity index is 125. The van der Waals surface area contributed by atoms with Crippen molar-refractivity contribution in [3.05, 3.63) is 0 Å². The van der Waals surface area contributed by atoms with E-state index in [4.69, 9.17) is 5.41 Å². The second-order valence-electron chi connectivity index (χ2n) is 1.26. The van der Waals surface area contributed by atoms with E-state index in [1.165, 1.54) is 0 Å². The summed E-state index contributed by atoms with van der Waals surface area (Å²) in [7, 11) is 0. The molecule has 0 aliphatic carbocycles. The Morgan fingerprint density at radius 3 is 2.20 bits per heavy atom. The number of nitrogens with one attached hydrogen (secondary N) is 1. The van der Waals surface area contributed by atoms with Crippen LogP contribution in [0.15, 0.2) is 10.2 Å². The molecule has 0 bridgehead atoms. The average Bonchev–Trinajstić information content (AvgIpc) is 2.04. The number of rotatable bonds is 2. The minimum absolute atomic E-state index is 0.614. The molecule has 0 fully saturated rings. The Hall–Kier alpha value is -0.990. The standard InChI is InChI=1S/C5H9N3.C2H6/c1-3-7-8-5(2)4-6;1-2/h3-4,6H,1-2H3;1-2H3/b6-4?,7-3-,8-5-;. The molecule has 0 saturated carbocycles. The monoisotopic (exact) mass is 141 g/mol. The molecule has 0 spiro atoms. The summed E-state index contributed by atoms with van der Waals surface area (Å²) in [5.41, 5.74) is 0.614. The van der Waals surface area contributed by atoms with Crippen LogP contribution in [0.4, 0.5) is 0 Å². The summed E-state index contributed by atoms with van der Waals surface area (Å²) in [6.45, 7) is 7.50. The van der Waals surface area contributed by atoms with E-state index < -0.39 is 0 Å². The first-order valence-corrected chi connectivity index (χ1v) is 3.34. The SMILES string of the molecule is C/C=N\N=C(\C)C=N.CC. The predicted molar refractivity (Wildman–Crippen MR) is 47.4 cm³/mol. The molecule has 0 aliphatic rings. The molecule has 0 aromatic heterocycles. The zero-order valence-corrected chi connectivity index (χ0v) is 7.05. The van der Waals surface area contributed by atoms with Gasteiger partial charge in [0.1, 0.15) is 0 Å². The maximum Gasteiger partial charge on any atom is 0.0774 e. The van der Waals surface area contributed by atoms with E-state index in [2.05, 4.69) is 10.2 Å². The van der Waals surface area contributed by atoms with Crippen LogP contribution in [0.1, 0.15) is 27.7 Å². The fourth-order valence-corrected chi connectivity index (χ4v) is 0.178. The maximum absolute atomic E-state index is 6.66. The van der Waals surface area contributed by atoms with Gasteiger partial charge in [0.05, 0.1) is 5.71 Å². The molecule has 0 amide bonds. The smallest absolute Gasteiger partial charge is 0.0774 e. The van der Waals surface area contributed by atoms with Gasteiger partial charge in [0.2, 0.25) is 0 Å². The van der Waals surface area contributed by atoms with Gasteiger partial charge in [-0.2, -0.15) is 10.2 Å². The molecule has 0 rings (SSSR count). The highest BCUT2D eigenvalue weighted by atomic mass is 15.2. The van der Waals surface area contributed by atoms with Crippen molar-refractivity contribution in [3.8, 4) is 0 Å². The number of hydrogen-bond donors (Lipinski definition) is 1. The molecule has 58 valence electrons. The fraction of sp³-hybridized carbons (Fsp3) is 0.571. The summed E-state index contributed by atoms with van der Waals surface area (Å²) in [6, 6.07) is 0. The maximum atomic E-state index is 6.66. The van der Waals surface area contributed by atoms with Crippen molar-refractivity contribution in [3.63, 3.8) is 0 Å². The van der Waals surface area contributed by atoms with Crippen molar-refractivity contribution in [2.45, 2.75) is 27.7 Å². The third-order valence-electron chi connectivity index (χ3n) is 0.540. The average molecular weight is 141 g/mol. The van der Waals surface area contributed by atoms with Crippen molar-refractivity contribution >= 4 is 18.1 Å². The van der Waals surface area contributed by atoms with Gasteiger partial charge in [0.15, 0.2) is 0 Å². The Balaban J connectivity index is 0. The van der Waals surface area contributed by atoms with Gasteiger partial charge in [-0.15, -0.1) is 0 Å². The van der Waals surface area contributed by atoms with E-state index in [9.17, 15) is 0 Å². The Kier molecular flexibility index (Phi) is 12.8. The minimum atomic E-state index is 0.614. The van der Waals surface area contributed by atoms with Crippen LogP contribution in [0.3, 0.4) is 0 Å². The van der Waals surface area contributed by atoms with E-state index >= 15 is 0 Å². The predicted octanol–water partition coefficient (Wildman–Crippen LogP) is 2.13. The molecular weight excluding hydrogens is 126 g/mol. The summed E-state index contributed by atoms with van der Waals surface area (Å²) in [5, 5.41) is 13.8. The molecule has 0 saturated heterocycles. The van der Waals surface area contributed by atoms with E-state index in [0.29, 0.717) is 5.71 Å². The number of nitrogens with zero attached hydrogens (tertiary/aromatic N) is 2. The van der Waals surface area contributed by atoms with Crippen molar-refractivity contribution < 1.29 is 0 Å². The Morgan fingerprint density at radius 2 is 1.90 bits per heavy atom. The van der Waals surface area contributed by atoms with Gasteiger partial charge >= 0.3 is 0 Å². The van der Waals surface area contributed by atoms with Crippen LogP contribution in [0, 0.1) is 5.41 Å². The lowest BCUT2D eigenvalue weighted by atomic mass is 10.5. The van der Waals surface area contributed by atoms with Gasteiger partial charge in [0.25, 0.3) is 0 Å². The summed E-state index contributed by atoms with van der Waals surface area (Å²) in [5.74, 6) is 0. The summed E-state index contributed by atoms with van der Waals surface area (Å²) < 4.78 is 0. The summed E-state index contributed by atoms with van der Waals surface area (Å²) in [6.07, 6.45) is 2.74. The zero-order valence-electron chi connectivity index (χ0n) is 7.05. The minimum Gasteiger partial charge on any atom is -0.307 e. The third kappa shape index (κ3) is 10.1. The first-order valence-electron chi connectivity index (χ1n) is 3.34. The fourth-order valence-electron chi connectivity index (χ4n) is 0.178. The van der Waals surface area contributed by atoms with Crippen LogP contribution in [-0.2, 0) is 0 Å². The largest absolute Gasteiger partial charge is 0.307 e. The molecule has 0 aromatic rings. The highest BCUT2D eigenvalue weighted by Crippen LogP contribution is 1.71. The first-order chi connectivity index (χ1) is 4.81. The Morgan fingerprint density at radius 1 is 1.40 bits per heavy atom. The zero-order chi connectivity index (χ0) is 8.41. The lowest BCUT2D eigenvalue weighted by Gasteiger charge is -1.78. The van der Waals surface area contributed by atoms with Gasteiger partial charge in [-0.25, -0.2) is 0 Å². The normalized spacial score (nSPS) is 10.6. The number of hydrogen-bond acceptors (Lipinski definition) is 3. The Labute approximate surface area is 62.4 Å². The van der Waals surface area contributed by atoms with Gasteiger partial charge in [0, 0.05) is 12.4 Å². The third-order valence-corrected chi connectivity index (χ3v) is 0.540. The molecule has 0 radical (unpaired) electrons. The second-order valence-corrected chi connectivity index (χ2v) is 1.26. The molecule has 0 aliphatic heterocycles. The van der Waals surface area contributed by atoms with Crippen LogP contribution in [0.25, 0.3) is 0 Å². The van der Waals surface area contributed by atoms with Crippen LogP contribution >= 0.6 is 0 Å². The van der Waals surface area contributed by atoms with Gasteiger partial charge in [-0.05, 0) is 13.8 Å². The molecule has 0 aromatic carbocycles. The van der Waals surface area contributed by atoms with Gasteiger partial charge in [-0.1, -0.05) is 13.8 Å². The second kappa shape index (κ2) is 10.9. The molecule has 3 nitrogen and oxygen atoms in total. The van der Waals surface area contributed by atoms with Crippen LogP contribution in [0.2, 0.25) is 0 Å². The van der Waals surface area contributed by atoms with Crippen molar-refractivity contribution in [2.75, 3.05) is 0 Å². The quantitative estimate of drug-likeness (QED) is 0.452. The molecular formula is C7H15N3. The lowest BCUT2D eigenvalue weighted by molar-refractivity contribution is 1.25. The van der Waals surface area contributed by atoms with Crippen LogP contribution < -0.4 is 0 Å². The first kappa shape index (κ1) is 11.8. The van der Waals surface area contributed by atoms with Crippen molar-refractivity contribution in [1.29, 1.82) is 5.41 Å². The summed E-state index contributed by atoms with van der Waals surface area (Å²) >= 11 is 0. The molecule has 3 heteroatoms. The van der Waals surface area contributed by atoms with E-state index in [-0.39, 0.29) is 0 Å². The van der Waals surface area contributed by atoms with Crippen LogP contribution in [0.5, 0.6) is 0 Å². The van der Waals surface area contributed by atoms with Crippen LogP contribution in [-0.4, -0.2) is 18.1 Å². The highest BCUT2D eigenvalue weighted by Gasteiger charge is 1.75. The van der Waals surface area contributed by atoms with E-state index in [1.54, 1.807) is 20.1 Å². The van der Waals surface area contributed by atoms with E-state index in [1.807, 2.05) is 13.8 Å². The molecule has 10 heavy (non-hydrogen) atoms. The molecule has 0 unspecified atom stereocenters. The molecule has 1 N–H and O–H groups in total. The molecule has 0 atom stereocenters. The van der Waals surface area contributed by atoms with Gasteiger partial charge < -0.3 is 5.41 Å². The summed E-state index contributed by atoms with van der Waals surface area (Å²) in [4.78, 5) is 0. The topological polar surface area (TPSA) is 48.6 Å². The van der Waals surface area contributed by atoms with Crippen molar-refractivity contribution in [1.82, 2.24) is 0 Å². The highest BCUT2D eigenvalue weighted by molar-refractivity contribution is 6.28. The van der Waals surface area contributed by atoms with E-state index in [0.717, 1.165) is 6.21 Å². The molecule has 0 heterocycles.